The van der Waals surface area contributed by atoms with Gasteiger partial charge in [-0.3, -0.25) is 10.4 Å². The Morgan fingerprint density at radius 3 is 1.95 bits per heavy atom. The van der Waals surface area contributed by atoms with Crippen LogP contribution in [0.4, 0.5) is 0 Å². The molecular formula is C13H29N5S. The maximum Gasteiger partial charge on any atom is 0.0794 e. The number of thiophene rings is 1. The van der Waals surface area contributed by atoms with Crippen LogP contribution >= 0.6 is 11.3 Å². The zero-order chi connectivity index (χ0) is 15.7. The van der Waals surface area contributed by atoms with Gasteiger partial charge in [-0.15, -0.1) is 11.3 Å². The summed E-state index contributed by atoms with van der Waals surface area (Å²) in [5, 5.41) is 5.86. The highest BCUT2D eigenvalue weighted by molar-refractivity contribution is 7.11. The summed E-state index contributed by atoms with van der Waals surface area (Å²) in [6.45, 7) is 7.21. The molecule has 0 atom stereocenters. The molecule has 1 aromatic heterocycles. The summed E-state index contributed by atoms with van der Waals surface area (Å²) in [7, 11) is 5.81. The smallest absolute Gasteiger partial charge is 0.0794 e. The van der Waals surface area contributed by atoms with E-state index >= 15 is 0 Å². The highest BCUT2D eigenvalue weighted by Crippen LogP contribution is 2.15. The second-order valence-electron chi connectivity index (χ2n) is 3.32. The van der Waals surface area contributed by atoms with Crippen molar-refractivity contribution in [3.05, 3.63) is 21.9 Å². The first-order chi connectivity index (χ1) is 9.01. The van der Waals surface area contributed by atoms with Crippen molar-refractivity contribution < 1.29 is 0 Å². The van der Waals surface area contributed by atoms with Gasteiger partial charge < -0.3 is 16.4 Å². The Kier molecular flexibility index (Phi) is 22.7. The van der Waals surface area contributed by atoms with Gasteiger partial charge in [0.15, 0.2) is 0 Å². The van der Waals surface area contributed by atoms with Crippen LogP contribution in [0.5, 0.6) is 0 Å². The van der Waals surface area contributed by atoms with E-state index in [4.69, 9.17) is 11.1 Å². The van der Waals surface area contributed by atoms with Gasteiger partial charge in [-0.25, -0.2) is 0 Å². The van der Waals surface area contributed by atoms with Crippen LogP contribution in [0.3, 0.4) is 0 Å². The SMILES string of the molecule is CC.CN=CN.Cc1ccc(CN(C)C)s1.N=CN. The van der Waals surface area contributed by atoms with E-state index in [1.54, 1.807) is 7.05 Å². The molecule has 0 bridgehead atoms. The summed E-state index contributed by atoms with van der Waals surface area (Å²) in [5.74, 6) is 0. The van der Waals surface area contributed by atoms with Crippen LogP contribution in [0.25, 0.3) is 0 Å². The molecule has 0 aliphatic rings. The number of aryl methyl sites for hydroxylation is 1. The summed E-state index contributed by atoms with van der Waals surface area (Å²) in [6, 6.07) is 4.36. The van der Waals surface area contributed by atoms with Crippen molar-refractivity contribution in [2.75, 3.05) is 21.1 Å². The molecule has 1 rings (SSSR count). The molecular weight excluding hydrogens is 258 g/mol. The lowest BCUT2D eigenvalue weighted by molar-refractivity contribution is 0.406. The van der Waals surface area contributed by atoms with Crippen LogP contribution in [-0.4, -0.2) is 38.7 Å². The lowest BCUT2D eigenvalue weighted by atomic mass is 10.4. The minimum absolute atomic E-state index is 0.750. The molecule has 1 heterocycles. The zero-order valence-electron chi connectivity index (χ0n) is 13.0. The Morgan fingerprint density at radius 2 is 1.74 bits per heavy atom. The fourth-order valence-corrected chi connectivity index (χ4v) is 1.89. The Bertz CT molecular complexity index is 304. The molecule has 1 aromatic rings. The van der Waals surface area contributed by atoms with Crippen LogP contribution in [0.15, 0.2) is 17.1 Å². The van der Waals surface area contributed by atoms with E-state index in [1.807, 2.05) is 25.2 Å². The van der Waals surface area contributed by atoms with E-state index in [2.05, 4.69) is 48.8 Å². The number of rotatable bonds is 2. The minimum atomic E-state index is 0.750. The van der Waals surface area contributed by atoms with Crippen molar-refractivity contribution in [3.8, 4) is 0 Å². The summed E-state index contributed by atoms with van der Waals surface area (Å²) in [6.07, 6.45) is 2.00. The van der Waals surface area contributed by atoms with Gasteiger partial charge in [0.25, 0.3) is 0 Å². The standard InChI is InChI=1S/C8H13NS.C2H6N2.C2H6.CH4N2/c1-7-4-5-8(10-7)6-9(2)3;1-4-2-3;1-2;2-1-3/h4-5H,6H2,1-3H3;2H,1H3,(H2,3,4);1-2H3;1H,(H3,2,3). The van der Waals surface area contributed by atoms with Crippen molar-refractivity contribution in [2.24, 2.45) is 16.5 Å². The van der Waals surface area contributed by atoms with Crippen molar-refractivity contribution in [2.45, 2.75) is 27.3 Å². The number of nitrogens with one attached hydrogen (secondary N) is 1. The fourth-order valence-electron chi connectivity index (χ4n) is 0.882. The maximum atomic E-state index is 5.86. The average Bonchev–Trinajstić information content (AvgIpc) is 2.78. The largest absolute Gasteiger partial charge is 0.390 e. The molecule has 0 saturated carbocycles. The molecule has 0 fully saturated rings. The van der Waals surface area contributed by atoms with Crippen molar-refractivity contribution in [1.82, 2.24) is 4.90 Å². The molecule has 0 saturated heterocycles. The Balaban J connectivity index is -0.000000239. The number of hydrogen-bond acceptors (Lipinski definition) is 4. The molecule has 0 radical (unpaired) electrons. The summed E-state index contributed by atoms with van der Waals surface area (Å²) in [5.41, 5.74) is 9.12. The number of hydrogen-bond donors (Lipinski definition) is 3. The molecule has 0 aliphatic heterocycles. The molecule has 112 valence electrons. The average molecular weight is 287 g/mol. The van der Waals surface area contributed by atoms with E-state index in [0.29, 0.717) is 0 Å². The van der Waals surface area contributed by atoms with Gasteiger partial charge in [0.2, 0.25) is 0 Å². The van der Waals surface area contributed by atoms with Crippen molar-refractivity contribution >= 4 is 24.0 Å². The van der Waals surface area contributed by atoms with Gasteiger partial charge in [-0.1, -0.05) is 13.8 Å². The zero-order valence-corrected chi connectivity index (χ0v) is 13.8. The van der Waals surface area contributed by atoms with E-state index in [1.165, 1.54) is 16.1 Å². The van der Waals surface area contributed by atoms with E-state index in [-0.39, 0.29) is 0 Å². The second-order valence-corrected chi connectivity index (χ2v) is 4.70. The molecule has 5 N–H and O–H groups in total. The lowest BCUT2D eigenvalue weighted by Gasteiger charge is -2.05. The Hall–Kier alpha value is -1.40. The number of nitrogens with two attached hydrogens (primary N) is 2. The van der Waals surface area contributed by atoms with E-state index in [0.717, 1.165) is 12.9 Å². The van der Waals surface area contributed by atoms with Crippen molar-refractivity contribution in [3.63, 3.8) is 0 Å². The van der Waals surface area contributed by atoms with Gasteiger partial charge >= 0.3 is 0 Å². The fraction of sp³-hybridized carbons (Fsp3) is 0.538. The monoisotopic (exact) mass is 287 g/mol. The summed E-state index contributed by atoms with van der Waals surface area (Å²) < 4.78 is 0. The van der Waals surface area contributed by atoms with E-state index < -0.39 is 0 Å². The third-order valence-corrected chi connectivity index (χ3v) is 2.40. The van der Waals surface area contributed by atoms with E-state index in [9.17, 15) is 0 Å². The van der Waals surface area contributed by atoms with Gasteiger partial charge in [0.1, 0.15) is 0 Å². The highest BCUT2D eigenvalue weighted by Gasteiger charge is 1.96. The van der Waals surface area contributed by atoms with Gasteiger partial charge in [0.05, 0.1) is 12.7 Å². The third kappa shape index (κ3) is 22.3. The van der Waals surface area contributed by atoms with Crippen LogP contribution in [-0.2, 0) is 6.54 Å². The first-order valence-electron chi connectivity index (χ1n) is 6.04. The minimum Gasteiger partial charge on any atom is -0.390 e. The normalized spacial score (nSPS) is 8.58. The molecule has 0 unspecified atom stereocenters. The molecule has 5 nitrogen and oxygen atoms in total. The third-order valence-electron chi connectivity index (χ3n) is 1.42. The van der Waals surface area contributed by atoms with Crippen LogP contribution < -0.4 is 11.5 Å². The molecule has 6 heteroatoms. The number of aliphatic imine (C=N–C) groups is 1. The highest BCUT2D eigenvalue weighted by atomic mass is 32.1. The van der Waals surface area contributed by atoms with Gasteiger partial charge in [-0.2, -0.15) is 0 Å². The first kappa shape index (κ1) is 22.8. The molecule has 0 spiro atoms. The molecule has 0 aromatic carbocycles. The quantitative estimate of drug-likeness (QED) is 0.575. The Morgan fingerprint density at radius 1 is 1.32 bits per heavy atom. The van der Waals surface area contributed by atoms with Gasteiger partial charge in [0, 0.05) is 23.3 Å². The topological polar surface area (TPSA) is 91.5 Å². The first-order valence-corrected chi connectivity index (χ1v) is 6.86. The van der Waals surface area contributed by atoms with Crippen LogP contribution in [0.2, 0.25) is 0 Å². The summed E-state index contributed by atoms with van der Waals surface area (Å²) >= 11 is 1.87. The summed E-state index contributed by atoms with van der Waals surface area (Å²) in [4.78, 5) is 8.42. The Labute approximate surface area is 121 Å². The van der Waals surface area contributed by atoms with Gasteiger partial charge in [-0.05, 0) is 33.2 Å². The van der Waals surface area contributed by atoms with Crippen LogP contribution in [0.1, 0.15) is 23.6 Å². The predicted octanol–water partition coefficient (Wildman–Crippen LogP) is 2.30. The molecule has 19 heavy (non-hydrogen) atoms. The second kappa shape index (κ2) is 19.0. The predicted molar refractivity (Wildman–Crippen MR) is 89.4 cm³/mol. The van der Waals surface area contributed by atoms with Crippen molar-refractivity contribution in [1.29, 1.82) is 5.41 Å². The van der Waals surface area contributed by atoms with Crippen LogP contribution in [0, 0.1) is 12.3 Å². The maximum absolute atomic E-state index is 5.86. The molecule has 0 aliphatic carbocycles. The molecule has 0 amide bonds. The number of nitrogens with zero attached hydrogens (tertiary/aromatic N) is 2. The lowest BCUT2D eigenvalue weighted by Crippen LogP contribution is -2.09.